The molecule has 1 aromatic carbocycles. The Labute approximate surface area is 117 Å². The molecule has 3 aromatic rings. The highest BCUT2D eigenvalue weighted by atomic mass is 16.3. The third-order valence-electron chi connectivity index (χ3n) is 3.52. The number of aryl methyl sites for hydroxylation is 2. The van der Waals surface area contributed by atoms with Crippen LogP contribution < -0.4 is 0 Å². The predicted octanol–water partition coefficient (Wildman–Crippen LogP) is 2.84. The van der Waals surface area contributed by atoms with Crippen molar-refractivity contribution in [3.8, 4) is 0 Å². The largest absolute Gasteiger partial charge is 0.382 e. The van der Waals surface area contributed by atoms with Gasteiger partial charge in [0, 0.05) is 24.3 Å². The van der Waals surface area contributed by atoms with E-state index in [9.17, 15) is 5.11 Å². The minimum atomic E-state index is -0.691. The van der Waals surface area contributed by atoms with Gasteiger partial charge in [-0.1, -0.05) is 18.2 Å². The molecule has 4 nitrogen and oxygen atoms in total. The number of aliphatic hydroxyl groups excluding tert-OH is 1. The molecule has 3 rings (SSSR count). The predicted molar refractivity (Wildman–Crippen MR) is 78.4 cm³/mol. The molecule has 0 spiro atoms. The van der Waals surface area contributed by atoms with E-state index in [1.165, 1.54) is 0 Å². The molecular formula is C16H17N3O. The quantitative estimate of drug-likeness (QED) is 0.794. The number of benzene rings is 1. The van der Waals surface area contributed by atoms with Crippen molar-refractivity contribution in [2.75, 3.05) is 0 Å². The summed E-state index contributed by atoms with van der Waals surface area (Å²) in [6.45, 7) is 4.70. The zero-order valence-corrected chi connectivity index (χ0v) is 11.6. The molecule has 0 amide bonds. The lowest BCUT2D eigenvalue weighted by Crippen LogP contribution is -2.09. The van der Waals surface area contributed by atoms with Crippen molar-refractivity contribution in [2.24, 2.45) is 0 Å². The van der Waals surface area contributed by atoms with Crippen LogP contribution in [0.15, 0.2) is 42.7 Å². The second kappa shape index (κ2) is 5.06. The minimum Gasteiger partial charge on any atom is -0.382 e. The van der Waals surface area contributed by atoms with E-state index >= 15 is 0 Å². The first kappa shape index (κ1) is 12.8. The molecule has 0 saturated carbocycles. The topological polar surface area (TPSA) is 50.9 Å². The molecule has 0 radical (unpaired) electrons. The van der Waals surface area contributed by atoms with Crippen molar-refractivity contribution in [3.63, 3.8) is 0 Å². The summed E-state index contributed by atoms with van der Waals surface area (Å²) >= 11 is 0. The van der Waals surface area contributed by atoms with Crippen LogP contribution in [0.2, 0.25) is 0 Å². The molecule has 1 N–H and O–H groups in total. The number of hydrogen-bond acceptors (Lipinski definition) is 3. The second-order valence-electron chi connectivity index (χ2n) is 4.87. The normalized spacial score (nSPS) is 12.8. The van der Waals surface area contributed by atoms with Gasteiger partial charge in [-0.15, -0.1) is 0 Å². The number of nitrogens with zero attached hydrogens (tertiary/aromatic N) is 3. The summed E-state index contributed by atoms with van der Waals surface area (Å²) in [6, 6.07) is 9.81. The van der Waals surface area contributed by atoms with E-state index < -0.39 is 6.10 Å². The number of hydrogen-bond donors (Lipinski definition) is 1. The molecule has 0 aliphatic carbocycles. The highest BCUT2D eigenvalue weighted by molar-refractivity contribution is 5.85. The lowest BCUT2D eigenvalue weighted by molar-refractivity contribution is 0.209. The fourth-order valence-electron chi connectivity index (χ4n) is 2.57. The van der Waals surface area contributed by atoms with Crippen molar-refractivity contribution < 1.29 is 5.11 Å². The van der Waals surface area contributed by atoms with Gasteiger partial charge in [0.2, 0.25) is 0 Å². The molecule has 0 aliphatic rings. The van der Waals surface area contributed by atoms with E-state index in [-0.39, 0.29) is 0 Å². The highest BCUT2D eigenvalue weighted by Crippen LogP contribution is 2.28. The second-order valence-corrected chi connectivity index (χ2v) is 4.87. The summed E-state index contributed by atoms with van der Waals surface area (Å²) in [6.07, 6.45) is 2.87. The zero-order chi connectivity index (χ0) is 14.1. The minimum absolute atomic E-state index is 0.691. The van der Waals surface area contributed by atoms with Gasteiger partial charge in [-0.3, -0.25) is 9.67 Å². The summed E-state index contributed by atoms with van der Waals surface area (Å²) in [4.78, 5) is 4.16. The van der Waals surface area contributed by atoms with E-state index in [0.29, 0.717) is 0 Å². The van der Waals surface area contributed by atoms with Crippen molar-refractivity contribution in [1.29, 1.82) is 0 Å². The average Bonchev–Trinajstić information content (AvgIpc) is 2.87. The molecule has 4 heteroatoms. The van der Waals surface area contributed by atoms with Crippen LogP contribution in [0.4, 0.5) is 0 Å². The fourth-order valence-corrected chi connectivity index (χ4v) is 2.57. The molecule has 0 saturated heterocycles. The summed E-state index contributed by atoms with van der Waals surface area (Å²) in [7, 11) is 0. The van der Waals surface area contributed by atoms with Gasteiger partial charge < -0.3 is 5.11 Å². The first-order chi connectivity index (χ1) is 9.70. The smallest absolute Gasteiger partial charge is 0.121 e. The van der Waals surface area contributed by atoms with Gasteiger partial charge in [0.1, 0.15) is 6.10 Å². The highest BCUT2D eigenvalue weighted by Gasteiger charge is 2.18. The van der Waals surface area contributed by atoms with Gasteiger partial charge in [-0.2, -0.15) is 5.10 Å². The third-order valence-corrected chi connectivity index (χ3v) is 3.52. The van der Waals surface area contributed by atoms with E-state index in [2.05, 4.69) is 10.1 Å². The molecule has 0 bridgehead atoms. The molecule has 0 fully saturated rings. The van der Waals surface area contributed by atoms with Gasteiger partial charge in [0.05, 0.1) is 11.4 Å². The molecule has 2 aromatic heterocycles. The average molecular weight is 267 g/mol. The van der Waals surface area contributed by atoms with Crippen molar-refractivity contribution >= 4 is 10.8 Å². The van der Waals surface area contributed by atoms with Crippen LogP contribution in [0.3, 0.4) is 0 Å². The standard InChI is InChI=1S/C16H17N3O/c1-3-19-15(9-11(2)18-19)16(20)13-6-4-5-12-7-8-17-10-14(12)13/h4-10,16,20H,3H2,1-2H3. The Morgan fingerprint density at radius 1 is 1.30 bits per heavy atom. The number of rotatable bonds is 3. The number of fused-ring (bicyclic) bond motifs is 1. The van der Waals surface area contributed by atoms with Crippen LogP contribution in [0, 0.1) is 6.92 Å². The van der Waals surface area contributed by atoms with Crippen LogP contribution in [-0.4, -0.2) is 19.9 Å². The lowest BCUT2D eigenvalue weighted by atomic mass is 10.00. The van der Waals surface area contributed by atoms with E-state index in [1.807, 2.05) is 48.9 Å². The van der Waals surface area contributed by atoms with Crippen LogP contribution in [0.5, 0.6) is 0 Å². The summed E-state index contributed by atoms with van der Waals surface area (Å²) in [5.74, 6) is 0. The molecule has 0 aliphatic heterocycles. The Morgan fingerprint density at radius 2 is 2.15 bits per heavy atom. The van der Waals surface area contributed by atoms with Gasteiger partial charge in [0.25, 0.3) is 0 Å². The van der Waals surface area contributed by atoms with Crippen molar-refractivity contribution in [3.05, 3.63) is 59.7 Å². The number of aromatic nitrogens is 3. The van der Waals surface area contributed by atoms with Gasteiger partial charge in [-0.05, 0) is 36.9 Å². The van der Waals surface area contributed by atoms with Crippen molar-refractivity contribution in [1.82, 2.24) is 14.8 Å². The number of aliphatic hydroxyl groups is 1. The van der Waals surface area contributed by atoms with Gasteiger partial charge in [0.15, 0.2) is 0 Å². The summed E-state index contributed by atoms with van der Waals surface area (Å²) in [5, 5.41) is 17.2. The molecule has 102 valence electrons. The number of pyridine rings is 1. The van der Waals surface area contributed by atoms with Crippen molar-refractivity contribution in [2.45, 2.75) is 26.5 Å². The van der Waals surface area contributed by atoms with Crippen LogP contribution in [-0.2, 0) is 6.54 Å². The monoisotopic (exact) mass is 267 g/mol. The Kier molecular flexibility index (Phi) is 3.24. The lowest BCUT2D eigenvalue weighted by Gasteiger charge is -2.14. The Morgan fingerprint density at radius 3 is 2.95 bits per heavy atom. The first-order valence-electron chi connectivity index (χ1n) is 6.75. The fraction of sp³-hybridized carbons (Fsp3) is 0.250. The molecule has 2 heterocycles. The molecule has 1 unspecified atom stereocenters. The Balaban J connectivity index is 2.15. The van der Waals surface area contributed by atoms with Gasteiger partial charge in [-0.25, -0.2) is 0 Å². The first-order valence-corrected chi connectivity index (χ1v) is 6.75. The maximum Gasteiger partial charge on any atom is 0.121 e. The zero-order valence-electron chi connectivity index (χ0n) is 11.6. The van der Waals surface area contributed by atoms with Crippen LogP contribution in [0.25, 0.3) is 10.8 Å². The maximum absolute atomic E-state index is 10.7. The van der Waals surface area contributed by atoms with Gasteiger partial charge >= 0.3 is 0 Å². The van der Waals surface area contributed by atoms with Crippen LogP contribution >= 0.6 is 0 Å². The Bertz CT molecular complexity index is 743. The Hall–Kier alpha value is -2.20. The van der Waals surface area contributed by atoms with Crippen LogP contribution in [0.1, 0.15) is 30.0 Å². The van der Waals surface area contributed by atoms with E-state index in [1.54, 1.807) is 12.4 Å². The molecule has 20 heavy (non-hydrogen) atoms. The molecule has 1 atom stereocenters. The van der Waals surface area contributed by atoms with E-state index in [0.717, 1.165) is 34.3 Å². The third kappa shape index (κ3) is 2.08. The van der Waals surface area contributed by atoms with E-state index in [4.69, 9.17) is 0 Å². The summed E-state index contributed by atoms with van der Waals surface area (Å²) < 4.78 is 1.84. The SMILES string of the molecule is CCn1nc(C)cc1C(O)c1cccc2ccncc12. The maximum atomic E-state index is 10.7. The molecular weight excluding hydrogens is 250 g/mol. The summed E-state index contributed by atoms with van der Waals surface area (Å²) in [5.41, 5.74) is 2.60.